The normalized spacial score (nSPS) is 12.1. The van der Waals surface area contributed by atoms with E-state index in [0.717, 1.165) is 19.1 Å². The number of hydrogen-bond acceptors (Lipinski definition) is 8. The van der Waals surface area contributed by atoms with E-state index < -0.39 is 5.97 Å². The fraction of sp³-hybridized carbons (Fsp3) is 0.850. The molecule has 0 N–H and O–H groups in total. The van der Waals surface area contributed by atoms with Crippen molar-refractivity contribution in [2.75, 3.05) is 85.9 Å². The van der Waals surface area contributed by atoms with Crippen LogP contribution in [0.25, 0.3) is 0 Å². The zero-order chi connectivity index (χ0) is 20.7. The minimum absolute atomic E-state index is 0.213. The Kier molecular flexibility index (Phi) is 21.4. The third kappa shape index (κ3) is 21.3. The molecule has 0 radical (unpaired) electrons. The molecule has 8 heteroatoms. The van der Waals surface area contributed by atoms with Crippen LogP contribution in [0.2, 0.25) is 0 Å². The SMILES string of the molecule is C=CC(=O)OCCOCCOCCOCCOCCOCCOCC(C)CC. The molecule has 28 heavy (non-hydrogen) atoms. The summed E-state index contributed by atoms with van der Waals surface area (Å²) in [5, 5.41) is 0. The predicted molar refractivity (Wildman–Crippen MR) is 106 cm³/mol. The second-order valence-corrected chi connectivity index (χ2v) is 6.02. The van der Waals surface area contributed by atoms with Crippen LogP contribution in [0, 0.1) is 5.92 Å². The lowest BCUT2D eigenvalue weighted by molar-refractivity contribution is -0.139. The molecule has 0 rings (SSSR count). The van der Waals surface area contributed by atoms with Crippen LogP contribution in [0.5, 0.6) is 0 Å². The molecule has 0 fully saturated rings. The number of hydrogen-bond donors (Lipinski definition) is 0. The average molecular weight is 407 g/mol. The van der Waals surface area contributed by atoms with Crippen molar-refractivity contribution in [2.45, 2.75) is 20.3 Å². The Hall–Kier alpha value is -1.03. The zero-order valence-electron chi connectivity index (χ0n) is 17.5. The lowest BCUT2D eigenvalue weighted by atomic mass is 10.1. The van der Waals surface area contributed by atoms with Gasteiger partial charge >= 0.3 is 5.97 Å². The molecule has 1 atom stereocenters. The van der Waals surface area contributed by atoms with Gasteiger partial charge < -0.3 is 33.2 Å². The minimum atomic E-state index is -0.449. The molecule has 166 valence electrons. The smallest absolute Gasteiger partial charge is 0.330 e. The summed E-state index contributed by atoms with van der Waals surface area (Å²) in [7, 11) is 0. The highest BCUT2D eigenvalue weighted by atomic mass is 16.6. The largest absolute Gasteiger partial charge is 0.460 e. The van der Waals surface area contributed by atoms with Crippen molar-refractivity contribution >= 4 is 5.97 Å². The fourth-order valence-electron chi connectivity index (χ4n) is 1.76. The standard InChI is InChI=1S/C20H38O8/c1-4-19(3)18-27-15-14-25-11-10-23-7-6-22-8-9-24-12-13-26-16-17-28-20(21)5-2/h5,19H,2,4,6-18H2,1,3H3. The minimum Gasteiger partial charge on any atom is -0.460 e. The maximum atomic E-state index is 10.8. The van der Waals surface area contributed by atoms with E-state index in [0.29, 0.717) is 78.6 Å². The van der Waals surface area contributed by atoms with Gasteiger partial charge in [0.2, 0.25) is 0 Å². The van der Waals surface area contributed by atoms with Crippen LogP contribution in [-0.4, -0.2) is 91.9 Å². The van der Waals surface area contributed by atoms with Gasteiger partial charge in [0.15, 0.2) is 0 Å². The predicted octanol–water partition coefficient (Wildman–Crippen LogP) is 1.86. The van der Waals surface area contributed by atoms with Gasteiger partial charge in [0.05, 0.1) is 72.7 Å². The molecule has 0 aromatic carbocycles. The summed E-state index contributed by atoms with van der Waals surface area (Å²) >= 11 is 0. The molecule has 0 aliphatic heterocycles. The highest BCUT2D eigenvalue weighted by Crippen LogP contribution is 1.99. The fourth-order valence-corrected chi connectivity index (χ4v) is 1.76. The lowest BCUT2D eigenvalue weighted by Crippen LogP contribution is -2.15. The first-order valence-electron chi connectivity index (χ1n) is 9.96. The van der Waals surface area contributed by atoms with E-state index in [1.807, 2.05) is 0 Å². The molecule has 0 heterocycles. The Labute approximate surface area is 169 Å². The van der Waals surface area contributed by atoms with Gasteiger partial charge in [-0.25, -0.2) is 4.79 Å². The molecule has 8 nitrogen and oxygen atoms in total. The van der Waals surface area contributed by atoms with E-state index in [9.17, 15) is 4.79 Å². The van der Waals surface area contributed by atoms with Crippen molar-refractivity contribution in [3.63, 3.8) is 0 Å². The number of ether oxygens (including phenoxy) is 7. The summed E-state index contributed by atoms with van der Waals surface area (Å²) in [4.78, 5) is 10.8. The number of carbonyl (C=O) groups excluding carboxylic acids is 1. The first-order valence-corrected chi connectivity index (χ1v) is 9.96. The van der Waals surface area contributed by atoms with Crippen molar-refractivity contribution in [3.05, 3.63) is 12.7 Å². The van der Waals surface area contributed by atoms with Crippen LogP contribution in [0.3, 0.4) is 0 Å². The zero-order valence-corrected chi connectivity index (χ0v) is 17.5. The Morgan fingerprint density at radius 3 is 1.43 bits per heavy atom. The molecule has 0 saturated carbocycles. The molecule has 0 aromatic rings. The van der Waals surface area contributed by atoms with Gasteiger partial charge in [-0.3, -0.25) is 0 Å². The van der Waals surface area contributed by atoms with Crippen LogP contribution >= 0.6 is 0 Å². The van der Waals surface area contributed by atoms with Gasteiger partial charge in [0, 0.05) is 12.7 Å². The topological polar surface area (TPSA) is 81.7 Å². The maximum Gasteiger partial charge on any atom is 0.330 e. The molecule has 1 unspecified atom stereocenters. The summed E-state index contributed by atoms with van der Waals surface area (Å²) in [5.41, 5.74) is 0. The van der Waals surface area contributed by atoms with Crippen molar-refractivity contribution < 1.29 is 38.0 Å². The van der Waals surface area contributed by atoms with Gasteiger partial charge in [-0.2, -0.15) is 0 Å². The second kappa shape index (κ2) is 22.3. The monoisotopic (exact) mass is 406 g/mol. The summed E-state index contributed by atoms with van der Waals surface area (Å²) in [6, 6.07) is 0. The molecule has 0 aliphatic carbocycles. The quantitative estimate of drug-likeness (QED) is 0.153. The molecule has 0 bridgehead atoms. The molecule has 0 spiro atoms. The van der Waals surface area contributed by atoms with E-state index in [1.165, 1.54) is 0 Å². The van der Waals surface area contributed by atoms with E-state index in [1.54, 1.807) is 0 Å². The van der Waals surface area contributed by atoms with Crippen molar-refractivity contribution in [3.8, 4) is 0 Å². The third-order valence-electron chi connectivity index (χ3n) is 3.60. The lowest BCUT2D eigenvalue weighted by Gasteiger charge is -2.10. The van der Waals surface area contributed by atoms with Crippen LogP contribution in [0.1, 0.15) is 20.3 Å². The molecule has 0 saturated heterocycles. The Balaban J connectivity index is 3.05. The highest BCUT2D eigenvalue weighted by molar-refractivity contribution is 5.81. The second-order valence-electron chi connectivity index (χ2n) is 6.02. The first kappa shape index (κ1) is 27.0. The van der Waals surface area contributed by atoms with E-state index >= 15 is 0 Å². The van der Waals surface area contributed by atoms with Crippen LogP contribution in [-0.2, 0) is 38.0 Å². The van der Waals surface area contributed by atoms with Crippen molar-refractivity contribution in [2.24, 2.45) is 5.92 Å². The van der Waals surface area contributed by atoms with E-state index in [4.69, 9.17) is 33.2 Å². The summed E-state index contributed by atoms with van der Waals surface area (Å²) in [6.07, 6.45) is 2.25. The van der Waals surface area contributed by atoms with E-state index in [2.05, 4.69) is 20.4 Å². The van der Waals surface area contributed by atoms with E-state index in [-0.39, 0.29) is 6.61 Å². The van der Waals surface area contributed by atoms with Gasteiger partial charge in [-0.05, 0) is 5.92 Å². The highest BCUT2D eigenvalue weighted by Gasteiger charge is 1.98. The van der Waals surface area contributed by atoms with Gasteiger partial charge in [0.1, 0.15) is 6.61 Å². The molecular formula is C20H38O8. The van der Waals surface area contributed by atoms with Crippen LogP contribution in [0.15, 0.2) is 12.7 Å². The molecule has 0 amide bonds. The Bertz CT molecular complexity index is 351. The summed E-state index contributed by atoms with van der Waals surface area (Å²) in [6.45, 7) is 14.3. The Morgan fingerprint density at radius 2 is 1.07 bits per heavy atom. The number of esters is 1. The van der Waals surface area contributed by atoms with Crippen molar-refractivity contribution in [1.29, 1.82) is 0 Å². The number of rotatable bonds is 22. The van der Waals surface area contributed by atoms with Gasteiger partial charge in [-0.1, -0.05) is 26.8 Å². The molecule has 0 aromatic heterocycles. The molecule has 0 aliphatic rings. The third-order valence-corrected chi connectivity index (χ3v) is 3.60. The van der Waals surface area contributed by atoms with Crippen LogP contribution in [0.4, 0.5) is 0 Å². The summed E-state index contributed by atoms with van der Waals surface area (Å²) in [5.74, 6) is 0.151. The first-order chi connectivity index (χ1) is 13.7. The molecular weight excluding hydrogens is 368 g/mol. The number of carbonyl (C=O) groups is 1. The Morgan fingerprint density at radius 1 is 0.714 bits per heavy atom. The average Bonchev–Trinajstić information content (AvgIpc) is 2.71. The van der Waals surface area contributed by atoms with Gasteiger partial charge in [0.25, 0.3) is 0 Å². The van der Waals surface area contributed by atoms with Crippen LogP contribution < -0.4 is 0 Å². The van der Waals surface area contributed by atoms with Crippen molar-refractivity contribution in [1.82, 2.24) is 0 Å². The van der Waals surface area contributed by atoms with Gasteiger partial charge in [-0.15, -0.1) is 0 Å². The summed E-state index contributed by atoms with van der Waals surface area (Å²) < 4.78 is 37.1. The maximum absolute atomic E-state index is 10.8.